The Morgan fingerprint density at radius 2 is 2.00 bits per heavy atom. The molecule has 3 aromatic heterocycles. The van der Waals surface area contributed by atoms with Gasteiger partial charge in [0.2, 0.25) is 0 Å². The first kappa shape index (κ1) is 12.7. The molecular weight excluding hydrogens is 268 g/mol. The summed E-state index contributed by atoms with van der Waals surface area (Å²) in [6, 6.07) is 7.93. The van der Waals surface area contributed by atoms with Gasteiger partial charge in [-0.2, -0.15) is 0 Å². The lowest BCUT2D eigenvalue weighted by Crippen LogP contribution is -1.93. The lowest BCUT2D eigenvalue weighted by atomic mass is 10.2. The molecule has 0 atom stereocenters. The third-order valence-corrected chi connectivity index (χ3v) is 3.66. The first-order chi connectivity index (χ1) is 9.72. The maximum atomic E-state index is 4.57. The largest absolute Gasteiger partial charge is 0.316 e. The molecule has 3 heterocycles. The molecule has 0 bridgehead atoms. The molecule has 3 aromatic rings. The molecule has 100 valence electrons. The highest BCUT2D eigenvalue weighted by molar-refractivity contribution is 7.14. The van der Waals surface area contributed by atoms with Gasteiger partial charge in [0.1, 0.15) is 11.5 Å². The van der Waals surface area contributed by atoms with Crippen molar-refractivity contribution >= 4 is 22.3 Å². The fourth-order valence-electron chi connectivity index (χ4n) is 1.91. The number of rotatable bonds is 3. The van der Waals surface area contributed by atoms with Gasteiger partial charge in [-0.15, -0.1) is 11.3 Å². The van der Waals surface area contributed by atoms with E-state index in [1.807, 2.05) is 43.5 Å². The first-order valence-electron chi connectivity index (χ1n) is 6.29. The Hall–Kier alpha value is -2.27. The molecule has 5 heteroatoms. The van der Waals surface area contributed by atoms with Gasteiger partial charge < -0.3 is 5.32 Å². The number of pyridine rings is 2. The molecule has 0 aliphatic heterocycles. The number of aryl methyl sites for hydroxylation is 2. The first-order valence-corrected chi connectivity index (χ1v) is 7.17. The van der Waals surface area contributed by atoms with Gasteiger partial charge in [0, 0.05) is 17.8 Å². The van der Waals surface area contributed by atoms with Crippen LogP contribution < -0.4 is 5.32 Å². The summed E-state index contributed by atoms with van der Waals surface area (Å²) in [7, 11) is 0. The van der Waals surface area contributed by atoms with E-state index in [-0.39, 0.29) is 0 Å². The molecule has 0 saturated carbocycles. The lowest BCUT2D eigenvalue weighted by molar-refractivity contribution is 1.22. The van der Waals surface area contributed by atoms with E-state index in [0.29, 0.717) is 0 Å². The zero-order chi connectivity index (χ0) is 13.9. The summed E-state index contributed by atoms with van der Waals surface area (Å²) in [4.78, 5) is 13.2. The van der Waals surface area contributed by atoms with E-state index in [0.717, 1.165) is 27.9 Å². The Bertz CT molecular complexity index is 736. The molecular formula is C15H14N4S. The molecule has 20 heavy (non-hydrogen) atoms. The van der Waals surface area contributed by atoms with E-state index in [1.165, 1.54) is 5.56 Å². The molecule has 1 N–H and O–H groups in total. The summed E-state index contributed by atoms with van der Waals surface area (Å²) in [5.74, 6) is 0.809. The minimum Gasteiger partial charge on any atom is -0.316 e. The Labute approximate surface area is 121 Å². The summed E-state index contributed by atoms with van der Waals surface area (Å²) in [5, 5.41) is 6.05. The van der Waals surface area contributed by atoms with Crippen LogP contribution in [0, 0.1) is 13.8 Å². The Morgan fingerprint density at radius 3 is 2.80 bits per heavy atom. The van der Waals surface area contributed by atoms with Gasteiger partial charge >= 0.3 is 0 Å². The third kappa shape index (κ3) is 2.67. The Balaban J connectivity index is 1.86. The van der Waals surface area contributed by atoms with Gasteiger partial charge in [-0.1, -0.05) is 6.07 Å². The lowest BCUT2D eigenvalue weighted by Gasteiger charge is -2.02. The van der Waals surface area contributed by atoms with Crippen molar-refractivity contribution in [2.24, 2.45) is 0 Å². The number of nitrogens with zero attached hydrogens (tertiary/aromatic N) is 3. The van der Waals surface area contributed by atoms with Crippen LogP contribution in [0.25, 0.3) is 11.4 Å². The minimum atomic E-state index is 0.809. The van der Waals surface area contributed by atoms with Crippen molar-refractivity contribution in [2.75, 3.05) is 5.32 Å². The zero-order valence-electron chi connectivity index (χ0n) is 11.3. The van der Waals surface area contributed by atoms with E-state index in [2.05, 4.69) is 20.3 Å². The standard InChI is InChI=1S/C15H14N4S/c1-10-5-7-16-13(8-10)19-15-18-12(9-20-15)14-11(2)4-3-6-17-14/h3-9H,1-2H3,(H,16,18,19). The van der Waals surface area contributed by atoms with Crippen molar-refractivity contribution in [2.45, 2.75) is 13.8 Å². The van der Waals surface area contributed by atoms with Crippen molar-refractivity contribution in [1.82, 2.24) is 15.0 Å². The number of anilines is 2. The molecule has 3 rings (SSSR count). The number of hydrogen-bond acceptors (Lipinski definition) is 5. The van der Waals surface area contributed by atoms with Crippen LogP contribution in [0.3, 0.4) is 0 Å². The second kappa shape index (κ2) is 5.38. The molecule has 0 aromatic carbocycles. The predicted molar refractivity (Wildman–Crippen MR) is 82.3 cm³/mol. The number of nitrogens with one attached hydrogen (secondary N) is 1. The Kier molecular flexibility index (Phi) is 3.43. The van der Waals surface area contributed by atoms with Crippen LogP contribution in [0.2, 0.25) is 0 Å². The van der Waals surface area contributed by atoms with Gasteiger partial charge in [-0.05, 0) is 43.2 Å². The smallest absolute Gasteiger partial charge is 0.188 e. The minimum absolute atomic E-state index is 0.809. The van der Waals surface area contributed by atoms with Crippen molar-refractivity contribution in [3.8, 4) is 11.4 Å². The molecule has 0 saturated heterocycles. The van der Waals surface area contributed by atoms with Crippen LogP contribution in [0.4, 0.5) is 10.9 Å². The monoisotopic (exact) mass is 282 g/mol. The zero-order valence-corrected chi connectivity index (χ0v) is 12.1. The van der Waals surface area contributed by atoms with Crippen molar-refractivity contribution in [3.63, 3.8) is 0 Å². The summed E-state index contributed by atoms with van der Waals surface area (Å²) < 4.78 is 0. The van der Waals surface area contributed by atoms with Gasteiger partial charge in [0.25, 0.3) is 0 Å². The van der Waals surface area contributed by atoms with Crippen molar-refractivity contribution < 1.29 is 0 Å². The predicted octanol–water partition coefficient (Wildman–Crippen LogP) is 3.96. The highest BCUT2D eigenvalue weighted by Gasteiger charge is 2.08. The summed E-state index contributed by atoms with van der Waals surface area (Å²) >= 11 is 1.55. The third-order valence-electron chi connectivity index (χ3n) is 2.91. The van der Waals surface area contributed by atoms with E-state index in [1.54, 1.807) is 23.7 Å². The van der Waals surface area contributed by atoms with Crippen LogP contribution >= 0.6 is 11.3 Å². The molecule has 0 unspecified atom stereocenters. The fourth-order valence-corrected chi connectivity index (χ4v) is 2.61. The normalized spacial score (nSPS) is 10.5. The Morgan fingerprint density at radius 1 is 1.10 bits per heavy atom. The average molecular weight is 282 g/mol. The van der Waals surface area contributed by atoms with Gasteiger partial charge in [0.15, 0.2) is 5.13 Å². The van der Waals surface area contributed by atoms with E-state index in [4.69, 9.17) is 0 Å². The number of aromatic nitrogens is 3. The van der Waals surface area contributed by atoms with Gasteiger partial charge in [-0.25, -0.2) is 9.97 Å². The second-order valence-corrected chi connectivity index (χ2v) is 5.41. The maximum Gasteiger partial charge on any atom is 0.188 e. The van der Waals surface area contributed by atoms with Crippen LogP contribution in [0.15, 0.2) is 42.0 Å². The molecule has 0 aliphatic carbocycles. The topological polar surface area (TPSA) is 50.7 Å². The molecule has 0 spiro atoms. The highest BCUT2D eigenvalue weighted by atomic mass is 32.1. The quantitative estimate of drug-likeness (QED) is 0.790. The van der Waals surface area contributed by atoms with Crippen molar-refractivity contribution in [3.05, 3.63) is 53.2 Å². The highest BCUT2D eigenvalue weighted by Crippen LogP contribution is 2.27. The molecule has 0 aliphatic rings. The number of hydrogen-bond donors (Lipinski definition) is 1. The maximum absolute atomic E-state index is 4.57. The molecule has 4 nitrogen and oxygen atoms in total. The van der Waals surface area contributed by atoms with E-state index >= 15 is 0 Å². The van der Waals surface area contributed by atoms with E-state index < -0.39 is 0 Å². The van der Waals surface area contributed by atoms with Gasteiger partial charge in [-0.3, -0.25) is 4.98 Å². The SMILES string of the molecule is Cc1ccnc(Nc2nc(-c3ncccc3C)cs2)c1. The van der Waals surface area contributed by atoms with Crippen molar-refractivity contribution in [1.29, 1.82) is 0 Å². The fraction of sp³-hybridized carbons (Fsp3) is 0.133. The summed E-state index contributed by atoms with van der Waals surface area (Å²) in [5.41, 5.74) is 4.11. The number of thiazole rings is 1. The van der Waals surface area contributed by atoms with Crippen LogP contribution in [0.1, 0.15) is 11.1 Å². The van der Waals surface area contributed by atoms with Crippen LogP contribution in [0.5, 0.6) is 0 Å². The van der Waals surface area contributed by atoms with E-state index in [9.17, 15) is 0 Å². The van der Waals surface area contributed by atoms with Crippen LogP contribution in [-0.2, 0) is 0 Å². The molecule has 0 amide bonds. The summed E-state index contributed by atoms with van der Waals surface area (Å²) in [6.07, 6.45) is 3.58. The average Bonchev–Trinajstić information content (AvgIpc) is 2.87. The molecule has 0 fully saturated rings. The second-order valence-electron chi connectivity index (χ2n) is 4.55. The molecule has 0 radical (unpaired) electrons. The van der Waals surface area contributed by atoms with Crippen LogP contribution in [-0.4, -0.2) is 15.0 Å². The summed E-state index contributed by atoms with van der Waals surface area (Å²) in [6.45, 7) is 4.08. The van der Waals surface area contributed by atoms with Gasteiger partial charge in [0.05, 0.1) is 5.69 Å².